The van der Waals surface area contributed by atoms with E-state index in [9.17, 15) is 19.2 Å². The highest BCUT2D eigenvalue weighted by atomic mass is 32.1. The van der Waals surface area contributed by atoms with Gasteiger partial charge in [-0.3, -0.25) is 19.2 Å². The van der Waals surface area contributed by atoms with Crippen molar-refractivity contribution in [3.05, 3.63) is 10.0 Å². The summed E-state index contributed by atoms with van der Waals surface area (Å²) in [5, 5.41) is 23.8. The molecule has 2 aromatic rings. The summed E-state index contributed by atoms with van der Waals surface area (Å²) in [5.41, 5.74) is 0. The maximum absolute atomic E-state index is 11.9. The number of methoxy groups -OCH3 is 1. The Kier molecular flexibility index (Phi) is 12.2. The molecule has 0 atom stereocenters. The van der Waals surface area contributed by atoms with Crippen molar-refractivity contribution in [1.29, 1.82) is 0 Å². The monoisotopic (exact) mass is 512 g/mol. The number of anilines is 2. The SMILES string of the molecule is CCOC(=O)CCC(=O)Nc1nnc(CCCCc2nnc(NC(=O)CCC(=O)COC)s2)s1. The number of nitrogens with zero attached hydrogens (tertiary/aromatic N) is 4. The van der Waals surface area contributed by atoms with Crippen LogP contribution in [0.15, 0.2) is 0 Å². The average molecular weight is 513 g/mol. The minimum atomic E-state index is -0.407. The van der Waals surface area contributed by atoms with Crippen LogP contribution in [-0.4, -0.2) is 64.3 Å². The predicted molar refractivity (Wildman–Crippen MR) is 126 cm³/mol. The van der Waals surface area contributed by atoms with Crippen LogP contribution in [0.4, 0.5) is 10.3 Å². The molecule has 0 saturated carbocycles. The summed E-state index contributed by atoms with van der Waals surface area (Å²) in [4.78, 5) is 46.5. The molecule has 0 aliphatic carbocycles. The van der Waals surface area contributed by atoms with E-state index in [1.54, 1.807) is 6.92 Å². The van der Waals surface area contributed by atoms with Crippen molar-refractivity contribution in [1.82, 2.24) is 20.4 Å². The van der Waals surface area contributed by atoms with E-state index in [2.05, 4.69) is 31.0 Å². The van der Waals surface area contributed by atoms with Crippen molar-refractivity contribution in [2.75, 3.05) is 31.0 Å². The molecule has 0 aromatic carbocycles. The van der Waals surface area contributed by atoms with E-state index < -0.39 is 5.97 Å². The molecule has 0 spiro atoms. The fraction of sp³-hybridized carbons (Fsp3) is 0.600. The van der Waals surface area contributed by atoms with Crippen LogP contribution in [0.25, 0.3) is 0 Å². The highest BCUT2D eigenvalue weighted by molar-refractivity contribution is 7.15. The zero-order chi connectivity index (χ0) is 24.8. The van der Waals surface area contributed by atoms with E-state index in [1.165, 1.54) is 29.8 Å². The molecule has 186 valence electrons. The molecule has 0 aliphatic heterocycles. The lowest BCUT2D eigenvalue weighted by Crippen LogP contribution is -2.15. The third-order valence-electron chi connectivity index (χ3n) is 4.26. The number of ketones is 1. The molecule has 0 radical (unpaired) electrons. The van der Waals surface area contributed by atoms with Crippen LogP contribution in [0, 0.1) is 0 Å². The molecule has 2 heterocycles. The summed E-state index contributed by atoms with van der Waals surface area (Å²) in [5.74, 6) is -1.13. The van der Waals surface area contributed by atoms with Gasteiger partial charge in [-0.25, -0.2) is 0 Å². The van der Waals surface area contributed by atoms with Gasteiger partial charge in [0, 0.05) is 39.2 Å². The first-order chi connectivity index (χ1) is 16.4. The van der Waals surface area contributed by atoms with E-state index in [-0.39, 0.29) is 56.5 Å². The molecule has 0 bridgehead atoms. The van der Waals surface area contributed by atoms with E-state index >= 15 is 0 Å². The smallest absolute Gasteiger partial charge is 0.306 e. The first-order valence-corrected chi connectivity index (χ1v) is 12.4. The van der Waals surface area contributed by atoms with Crippen molar-refractivity contribution in [3.63, 3.8) is 0 Å². The zero-order valence-corrected chi connectivity index (χ0v) is 20.8. The third-order valence-corrected chi connectivity index (χ3v) is 6.05. The highest BCUT2D eigenvalue weighted by Gasteiger charge is 2.12. The first kappa shape index (κ1) is 27.4. The van der Waals surface area contributed by atoms with Crippen molar-refractivity contribution >= 4 is 56.5 Å². The fourth-order valence-electron chi connectivity index (χ4n) is 2.66. The second kappa shape index (κ2) is 15.1. The van der Waals surface area contributed by atoms with Gasteiger partial charge in [0.15, 0.2) is 5.78 Å². The molecular weight excluding hydrogens is 484 g/mol. The Labute approximate surface area is 204 Å². The number of carbonyl (C=O) groups is 4. The van der Waals surface area contributed by atoms with Gasteiger partial charge in [-0.05, 0) is 19.8 Å². The highest BCUT2D eigenvalue weighted by Crippen LogP contribution is 2.20. The Morgan fingerprint density at radius 3 is 1.82 bits per heavy atom. The Morgan fingerprint density at radius 1 is 0.794 bits per heavy atom. The van der Waals surface area contributed by atoms with Gasteiger partial charge >= 0.3 is 5.97 Å². The summed E-state index contributed by atoms with van der Waals surface area (Å²) in [6.45, 7) is 2.00. The second-order valence-corrected chi connectivity index (χ2v) is 9.21. The number of hydrogen-bond donors (Lipinski definition) is 2. The van der Waals surface area contributed by atoms with Crippen molar-refractivity contribution < 1.29 is 28.7 Å². The third kappa shape index (κ3) is 10.9. The Balaban J connectivity index is 1.63. The van der Waals surface area contributed by atoms with Gasteiger partial charge in [0.05, 0.1) is 13.0 Å². The summed E-state index contributed by atoms with van der Waals surface area (Å²) in [6, 6.07) is 0. The van der Waals surface area contributed by atoms with Gasteiger partial charge in [-0.1, -0.05) is 22.7 Å². The Bertz CT molecular complexity index is 887. The van der Waals surface area contributed by atoms with E-state index in [0.29, 0.717) is 23.1 Å². The van der Waals surface area contributed by atoms with Gasteiger partial charge in [-0.15, -0.1) is 20.4 Å². The molecular formula is C20H28N6O6S2. The molecule has 2 aromatic heterocycles. The molecule has 2 N–H and O–H groups in total. The number of aromatic nitrogens is 4. The number of amides is 2. The summed E-state index contributed by atoms with van der Waals surface area (Å²) in [6.07, 6.45) is 3.34. The number of carbonyl (C=O) groups excluding carboxylic acids is 4. The average Bonchev–Trinajstić information content (AvgIpc) is 3.43. The number of unbranched alkanes of at least 4 members (excludes halogenated alkanes) is 1. The van der Waals surface area contributed by atoms with Crippen LogP contribution >= 0.6 is 22.7 Å². The van der Waals surface area contributed by atoms with Crippen LogP contribution in [0.2, 0.25) is 0 Å². The largest absolute Gasteiger partial charge is 0.466 e. The van der Waals surface area contributed by atoms with Gasteiger partial charge in [0.25, 0.3) is 0 Å². The van der Waals surface area contributed by atoms with E-state index in [0.717, 1.165) is 22.9 Å². The fourth-order valence-corrected chi connectivity index (χ4v) is 4.26. The standard InChI is InChI=1S/C20H28N6O6S2/c1-3-32-18(30)11-10-15(29)22-20-26-24-17(34-20)7-5-4-6-16-23-25-19(33-16)21-14(28)9-8-13(27)12-31-2/h3-12H2,1-2H3,(H,21,25,28)(H,22,26,29). The van der Waals surface area contributed by atoms with Crippen LogP contribution < -0.4 is 10.6 Å². The summed E-state index contributed by atoms with van der Waals surface area (Å²) < 4.78 is 9.52. The number of aryl methyl sites for hydroxylation is 2. The molecule has 0 aliphatic rings. The molecule has 0 unspecified atom stereocenters. The lowest BCUT2D eigenvalue weighted by molar-refractivity contribution is -0.144. The number of Topliss-reactive ketones (excluding diaryl/α,β-unsaturated/α-hetero) is 1. The van der Waals surface area contributed by atoms with Gasteiger partial charge in [0.1, 0.15) is 16.6 Å². The normalized spacial score (nSPS) is 10.6. The number of ether oxygens (including phenoxy) is 2. The molecule has 12 nitrogen and oxygen atoms in total. The summed E-state index contributed by atoms with van der Waals surface area (Å²) in [7, 11) is 1.43. The molecule has 14 heteroatoms. The van der Waals surface area contributed by atoms with Crippen LogP contribution in [0.1, 0.15) is 55.5 Å². The zero-order valence-electron chi connectivity index (χ0n) is 19.1. The lowest BCUT2D eigenvalue weighted by atomic mass is 10.2. The Hall–Kier alpha value is -2.84. The second-order valence-electron chi connectivity index (χ2n) is 7.08. The van der Waals surface area contributed by atoms with E-state index in [4.69, 9.17) is 9.47 Å². The summed E-state index contributed by atoms with van der Waals surface area (Å²) >= 11 is 2.60. The first-order valence-electron chi connectivity index (χ1n) is 10.8. The maximum atomic E-state index is 11.9. The number of nitrogens with one attached hydrogen (secondary N) is 2. The maximum Gasteiger partial charge on any atom is 0.306 e. The van der Waals surface area contributed by atoms with Gasteiger partial charge < -0.3 is 20.1 Å². The minimum absolute atomic E-state index is 0.000360. The number of hydrogen-bond acceptors (Lipinski definition) is 12. The van der Waals surface area contributed by atoms with Crippen LogP contribution in [-0.2, 0) is 41.5 Å². The van der Waals surface area contributed by atoms with Gasteiger partial charge in [0.2, 0.25) is 22.1 Å². The molecule has 2 amide bonds. The van der Waals surface area contributed by atoms with Crippen molar-refractivity contribution in [2.24, 2.45) is 0 Å². The predicted octanol–water partition coefficient (Wildman–Crippen LogP) is 2.17. The van der Waals surface area contributed by atoms with Crippen LogP contribution in [0.3, 0.4) is 0 Å². The van der Waals surface area contributed by atoms with Gasteiger partial charge in [-0.2, -0.15) is 0 Å². The minimum Gasteiger partial charge on any atom is -0.466 e. The number of rotatable bonds is 16. The molecule has 0 saturated heterocycles. The molecule has 2 rings (SSSR count). The molecule has 0 fully saturated rings. The topological polar surface area (TPSA) is 162 Å². The number of esters is 1. The van der Waals surface area contributed by atoms with Crippen molar-refractivity contribution in [3.8, 4) is 0 Å². The quantitative estimate of drug-likeness (QED) is 0.252. The van der Waals surface area contributed by atoms with Crippen LogP contribution in [0.5, 0.6) is 0 Å². The molecule has 34 heavy (non-hydrogen) atoms. The lowest BCUT2D eigenvalue weighted by Gasteiger charge is -2.01. The van der Waals surface area contributed by atoms with Crippen molar-refractivity contribution in [2.45, 2.75) is 58.3 Å². The van der Waals surface area contributed by atoms with E-state index in [1.807, 2.05) is 0 Å². The Morgan fingerprint density at radius 2 is 1.32 bits per heavy atom.